The third-order valence-corrected chi connectivity index (χ3v) is 5.44. The fourth-order valence-corrected chi connectivity index (χ4v) is 3.82. The maximum absolute atomic E-state index is 13.0. The number of carbonyl (C=O) groups is 1. The molecular formula is C20H27N3OS. The van der Waals surface area contributed by atoms with Crippen LogP contribution in [-0.2, 0) is 11.3 Å². The Morgan fingerprint density at radius 2 is 1.72 bits per heavy atom. The van der Waals surface area contributed by atoms with E-state index < -0.39 is 0 Å². The number of carbonyl (C=O) groups excluding carboxylic acids is 1. The molecule has 0 N–H and O–H groups in total. The summed E-state index contributed by atoms with van der Waals surface area (Å²) in [5.41, 5.74) is 1.34. The van der Waals surface area contributed by atoms with Crippen molar-refractivity contribution >= 4 is 17.7 Å². The Balaban J connectivity index is 1.56. The van der Waals surface area contributed by atoms with E-state index in [0.717, 1.165) is 44.9 Å². The molecule has 4 nitrogen and oxygen atoms in total. The number of hydrogen-bond donors (Lipinski definition) is 0. The lowest BCUT2D eigenvalue weighted by Gasteiger charge is -2.36. The molecule has 0 bridgehead atoms. The number of thioether (sulfide) groups is 1. The summed E-state index contributed by atoms with van der Waals surface area (Å²) >= 11 is 1.80. The zero-order chi connectivity index (χ0) is 17.5. The molecule has 0 unspecified atom stereocenters. The van der Waals surface area contributed by atoms with Crippen LogP contribution in [0.4, 0.5) is 0 Å². The fourth-order valence-electron chi connectivity index (χ4n) is 3.36. The highest BCUT2D eigenvalue weighted by molar-refractivity contribution is 7.98. The van der Waals surface area contributed by atoms with Crippen molar-refractivity contribution in [2.24, 2.45) is 0 Å². The van der Waals surface area contributed by atoms with Gasteiger partial charge in [-0.25, -0.2) is 0 Å². The summed E-state index contributed by atoms with van der Waals surface area (Å²) < 4.78 is 2.06. The van der Waals surface area contributed by atoms with Gasteiger partial charge < -0.3 is 9.47 Å². The van der Waals surface area contributed by atoms with E-state index in [1.54, 1.807) is 11.8 Å². The van der Waals surface area contributed by atoms with E-state index in [4.69, 9.17) is 0 Å². The van der Waals surface area contributed by atoms with Crippen molar-refractivity contribution in [3.63, 3.8) is 0 Å². The van der Waals surface area contributed by atoms with Gasteiger partial charge in [-0.2, -0.15) is 11.8 Å². The highest BCUT2D eigenvalue weighted by Gasteiger charge is 2.27. The zero-order valence-electron chi connectivity index (χ0n) is 14.9. The Hall–Kier alpha value is -1.72. The molecule has 1 aliphatic heterocycles. The van der Waals surface area contributed by atoms with Gasteiger partial charge in [0.15, 0.2) is 0 Å². The summed E-state index contributed by atoms with van der Waals surface area (Å²) in [6, 6.07) is 14.5. The summed E-state index contributed by atoms with van der Waals surface area (Å²) in [7, 11) is 0. The van der Waals surface area contributed by atoms with E-state index in [1.165, 1.54) is 5.56 Å². The first kappa shape index (κ1) is 18.1. The van der Waals surface area contributed by atoms with E-state index in [-0.39, 0.29) is 11.9 Å². The summed E-state index contributed by atoms with van der Waals surface area (Å²) in [6.45, 7) is 4.50. The number of piperazine rings is 1. The molecule has 1 atom stereocenters. The van der Waals surface area contributed by atoms with Crippen LogP contribution in [0.25, 0.3) is 0 Å². The minimum atomic E-state index is -0.0666. The number of amides is 1. The Bertz CT molecular complexity index is 636. The first-order chi connectivity index (χ1) is 12.3. The summed E-state index contributed by atoms with van der Waals surface area (Å²) in [5.74, 6) is 1.27. The van der Waals surface area contributed by atoms with Crippen molar-refractivity contribution in [2.75, 3.05) is 38.2 Å². The van der Waals surface area contributed by atoms with Gasteiger partial charge in [-0.05, 0) is 36.1 Å². The molecule has 0 spiro atoms. The monoisotopic (exact) mass is 357 g/mol. The molecule has 134 valence electrons. The third kappa shape index (κ3) is 4.89. The lowest BCUT2D eigenvalue weighted by Crippen LogP contribution is -2.50. The number of nitrogens with zero attached hydrogens (tertiary/aromatic N) is 3. The van der Waals surface area contributed by atoms with Gasteiger partial charge >= 0.3 is 0 Å². The van der Waals surface area contributed by atoms with Crippen molar-refractivity contribution in [3.05, 3.63) is 60.4 Å². The normalized spacial score (nSPS) is 16.8. The minimum absolute atomic E-state index is 0.0666. The maximum atomic E-state index is 13.0. The van der Waals surface area contributed by atoms with Crippen LogP contribution in [0.15, 0.2) is 54.9 Å². The number of aromatic nitrogens is 1. The largest absolute Gasteiger partial charge is 0.342 e. The van der Waals surface area contributed by atoms with Crippen molar-refractivity contribution in [1.29, 1.82) is 0 Å². The number of benzene rings is 1. The van der Waals surface area contributed by atoms with Crippen LogP contribution in [0.1, 0.15) is 18.0 Å². The first-order valence-corrected chi connectivity index (χ1v) is 10.3. The van der Waals surface area contributed by atoms with Gasteiger partial charge in [-0.3, -0.25) is 9.69 Å². The van der Waals surface area contributed by atoms with Crippen molar-refractivity contribution in [1.82, 2.24) is 14.4 Å². The molecule has 3 rings (SSSR count). The van der Waals surface area contributed by atoms with Crippen molar-refractivity contribution in [2.45, 2.75) is 19.0 Å². The lowest BCUT2D eigenvalue weighted by atomic mass is 10.1. The van der Waals surface area contributed by atoms with Gasteiger partial charge in [0.25, 0.3) is 0 Å². The third-order valence-electron chi connectivity index (χ3n) is 4.80. The Morgan fingerprint density at radius 3 is 2.36 bits per heavy atom. The Kier molecular flexibility index (Phi) is 6.59. The highest BCUT2D eigenvalue weighted by atomic mass is 32.2. The molecule has 2 heterocycles. The van der Waals surface area contributed by atoms with Crippen molar-refractivity contribution < 1.29 is 4.79 Å². The molecule has 0 radical (unpaired) electrons. The predicted molar refractivity (Wildman–Crippen MR) is 105 cm³/mol. The summed E-state index contributed by atoms with van der Waals surface area (Å²) in [4.78, 5) is 17.5. The molecule has 25 heavy (non-hydrogen) atoms. The van der Waals surface area contributed by atoms with Crippen LogP contribution in [-0.4, -0.2) is 58.5 Å². The lowest BCUT2D eigenvalue weighted by molar-refractivity contribution is -0.136. The van der Waals surface area contributed by atoms with Gasteiger partial charge in [0.2, 0.25) is 5.91 Å². The molecule has 1 saturated heterocycles. The van der Waals surface area contributed by atoms with E-state index >= 15 is 0 Å². The second kappa shape index (κ2) is 9.11. The molecule has 1 amide bonds. The van der Waals surface area contributed by atoms with E-state index in [0.29, 0.717) is 0 Å². The van der Waals surface area contributed by atoms with Crippen molar-refractivity contribution in [3.8, 4) is 0 Å². The van der Waals surface area contributed by atoms with E-state index in [2.05, 4.69) is 46.1 Å². The highest BCUT2D eigenvalue weighted by Crippen LogP contribution is 2.19. The predicted octanol–water partition coefficient (Wildman–Crippen LogP) is 3.13. The topological polar surface area (TPSA) is 28.5 Å². The maximum Gasteiger partial charge on any atom is 0.245 e. The molecule has 1 fully saturated rings. The second-order valence-corrected chi connectivity index (χ2v) is 7.50. The first-order valence-electron chi connectivity index (χ1n) is 8.94. The van der Waals surface area contributed by atoms with Crippen LogP contribution in [0, 0.1) is 0 Å². The standard InChI is InChI=1S/C20H27N3OS/c1-25-16-9-19(22-10-5-6-11-22)20(24)23-14-12-21(13-15-23)17-18-7-3-2-4-8-18/h2-8,10-11,19H,9,12-17H2,1H3/t19-/m1/s1. The Labute approximate surface area is 154 Å². The summed E-state index contributed by atoms with van der Waals surface area (Å²) in [5, 5.41) is 0. The SMILES string of the molecule is CSCC[C@H](C(=O)N1CCN(Cc2ccccc2)CC1)n1cccc1. The van der Waals surface area contributed by atoms with Crippen LogP contribution in [0.2, 0.25) is 0 Å². The average Bonchev–Trinajstić information content (AvgIpc) is 3.18. The molecule has 1 aromatic heterocycles. The summed E-state index contributed by atoms with van der Waals surface area (Å²) in [6.07, 6.45) is 7.00. The second-order valence-electron chi connectivity index (χ2n) is 6.51. The Morgan fingerprint density at radius 1 is 1.04 bits per heavy atom. The van der Waals surface area contributed by atoms with E-state index in [9.17, 15) is 4.79 Å². The van der Waals surface area contributed by atoms with E-state index in [1.807, 2.05) is 29.4 Å². The van der Waals surface area contributed by atoms with Gasteiger partial charge in [0.05, 0.1) is 0 Å². The van der Waals surface area contributed by atoms with Gasteiger partial charge in [-0.15, -0.1) is 0 Å². The zero-order valence-corrected chi connectivity index (χ0v) is 15.7. The number of rotatable bonds is 7. The van der Waals surface area contributed by atoms with Gasteiger partial charge in [-0.1, -0.05) is 30.3 Å². The molecule has 2 aromatic rings. The number of hydrogen-bond acceptors (Lipinski definition) is 3. The van der Waals surface area contributed by atoms with Crippen LogP contribution in [0.5, 0.6) is 0 Å². The molecule has 1 aliphatic rings. The minimum Gasteiger partial charge on any atom is -0.342 e. The molecule has 5 heteroatoms. The van der Waals surface area contributed by atoms with Crippen LogP contribution >= 0.6 is 11.8 Å². The molecule has 0 aliphatic carbocycles. The molecule has 1 aromatic carbocycles. The fraction of sp³-hybridized carbons (Fsp3) is 0.450. The smallest absolute Gasteiger partial charge is 0.245 e. The molecule has 0 saturated carbocycles. The van der Waals surface area contributed by atoms with Gasteiger partial charge in [0.1, 0.15) is 6.04 Å². The quantitative estimate of drug-likeness (QED) is 0.762. The average molecular weight is 358 g/mol. The van der Waals surface area contributed by atoms with Gasteiger partial charge in [0, 0.05) is 45.1 Å². The van der Waals surface area contributed by atoms with Crippen LogP contribution < -0.4 is 0 Å². The van der Waals surface area contributed by atoms with Crippen LogP contribution in [0.3, 0.4) is 0 Å². The molecular weight excluding hydrogens is 330 g/mol.